The van der Waals surface area contributed by atoms with E-state index >= 15 is 0 Å². The Balaban J connectivity index is 2.01. The first-order valence-corrected chi connectivity index (χ1v) is 6.83. The summed E-state index contributed by atoms with van der Waals surface area (Å²) in [7, 11) is 0. The van der Waals surface area contributed by atoms with Gasteiger partial charge in [-0.25, -0.2) is 0 Å². The van der Waals surface area contributed by atoms with E-state index in [1.807, 2.05) is 31.2 Å². The van der Waals surface area contributed by atoms with Crippen molar-refractivity contribution in [2.24, 2.45) is 0 Å². The molecule has 2 rings (SSSR count). The third-order valence-electron chi connectivity index (χ3n) is 2.95. The molecular formula is C13H15Cl2NO2. The molecule has 0 radical (unpaired) electrons. The van der Waals surface area contributed by atoms with Crippen LogP contribution in [0.3, 0.4) is 0 Å². The minimum atomic E-state index is -0.599. The normalized spacial score (nSPS) is 18.1. The van der Waals surface area contributed by atoms with Gasteiger partial charge >= 0.3 is 0 Å². The Hall–Kier alpha value is -0.930. The SMILES string of the molecule is CC(CCl)(CCl)NC(=O)C1Cc2ccccc2O1. The lowest BCUT2D eigenvalue weighted by atomic mass is 10.1. The van der Waals surface area contributed by atoms with Gasteiger partial charge in [0.2, 0.25) is 0 Å². The van der Waals surface area contributed by atoms with Gasteiger partial charge in [-0.15, -0.1) is 23.2 Å². The number of hydrogen-bond donors (Lipinski definition) is 1. The number of carbonyl (C=O) groups is 1. The molecule has 98 valence electrons. The molecule has 0 aromatic heterocycles. The van der Waals surface area contributed by atoms with Crippen LogP contribution in [0.15, 0.2) is 24.3 Å². The second-order valence-corrected chi connectivity index (χ2v) is 5.27. The van der Waals surface area contributed by atoms with Crippen LogP contribution >= 0.6 is 23.2 Å². The van der Waals surface area contributed by atoms with Crippen LogP contribution in [0, 0.1) is 0 Å². The second-order valence-electron chi connectivity index (χ2n) is 4.74. The minimum Gasteiger partial charge on any atom is -0.480 e. The van der Waals surface area contributed by atoms with Gasteiger partial charge in [-0.05, 0) is 18.6 Å². The van der Waals surface area contributed by atoms with Crippen molar-refractivity contribution in [1.82, 2.24) is 5.32 Å². The lowest BCUT2D eigenvalue weighted by molar-refractivity contribution is -0.128. The molecule has 3 nitrogen and oxygen atoms in total. The fourth-order valence-corrected chi connectivity index (χ4v) is 2.23. The van der Waals surface area contributed by atoms with Crippen molar-refractivity contribution < 1.29 is 9.53 Å². The lowest BCUT2D eigenvalue weighted by Gasteiger charge is -2.27. The first-order chi connectivity index (χ1) is 8.58. The molecule has 1 heterocycles. The number of carbonyl (C=O) groups excluding carboxylic acids is 1. The van der Waals surface area contributed by atoms with Crippen LogP contribution < -0.4 is 10.1 Å². The van der Waals surface area contributed by atoms with E-state index in [4.69, 9.17) is 27.9 Å². The van der Waals surface area contributed by atoms with Crippen LogP contribution in [0.2, 0.25) is 0 Å². The molecule has 1 amide bonds. The molecule has 0 bridgehead atoms. The number of halogens is 2. The van der Waals surface area contributed by atoms with Crippen LogP contribution in [-0.4, -0.2) is 29.3 Å². The van der Waals surface area contributed by atoms with Crippen molar-refractivity contribution in [3.63, 3.8) is 0 Å². The van der Waals surface area contributed by atoms with Gasteiger partial charge in [0.1, 0.15) is 5.75 Å². The number of para-hydroxylation sites is 1. The number of alkyl halides is 2. The van der Waals surface area contributed by atoms with Gasteiger partial charge < -0.3 is 10.1 Å². The van der Waals surface area contributed by atoms with E-state index in [-0.39, 0.29) is 17.7 Å². The highest BCUT2D eigenvalue weighted by atomic mass is 35.5. The van der Waals surface area contributed by atoms with Gasteiger partial charge in [-0.1, -0.05) is 18.2 Å². The maximum Gasteiger partial charge on any atom is 0.261 e. The molecule has 0 spiro atoms. The average Bonchev–Trinajstić information content (AvgIpc) is 2.82. The topological polar surface area (TPSA) is 38.3 Å². The number of rotatable bonds is 4. The van der Waals surface area contributed by atoms with Crippen molar-refractivity contribution in [1.29, 1.82) is 0 Å². The standard InChI is InChI=1S/C13H15Cl2NO2/c1-13(7-14,8-15)16-12(17)11-6-9-4-2-3-5-10(9)18-11/h2-5,11H,6-8H2,1H3,(H,16,17). The molecule has 5 heteroatoms. The Morgan fingerprint density at radius 2 is 2.11 bits per heavy atom. The summed E-state index contributed by atoms with van der Waals surface area (Å²) in [4.78, 5) is 12.1. The predicted molar refractivity (Wildman–Crippen MR) is 72.5 cm³/mol. The zero-order valence-electron chi connectivity index (χ0n) is 10.1. The van der Waals surface area contributed by atoms with Crippen molar-refractivity contribution in [3.8, 4) is 5.75 Å². The molecule has 1 aliphatic rings. The highest BCUT2D eigenvalue weighted by Crippen LogP contribution is 2.28. The Bertz CT molecular complexity index is 421. The molecular weight excluding hydrogens is 273 g/mol. The van der Waals surface area contributed by atoms with Crippen molar-refractivity contribution >= 4 is 29.1 Å². The summed E-state index contributed by atoms with van der Waals surface area (Å²) in [6, 6.07) is 7.65. The summed E-state index contributed by atoms with van der Waals surface area (Å²) in [5.41, 5.74) is 0.453. The van der Waals surface area contributed by atoms with Crippen molar-refractivity contribution in [2.75, 3.05) is 11.8 Å². The maximum atomic E-state index is 12.1. The van der Waals surface area contributed by atoms with E-state index in [0.717, 1.165) is 11.3 Å². The van der Waals surface area contributed by atoms with E-state index in [2.05, 4.69) is 5.32 Å². The third-order valence-corrected chi connectivity index (χ3v) is 4.13. The fraction of sp³-hybridized carbons (Fsp3) is 0.462. The van der Waals surface area contributed by atoms with Crippen LogP contribution in [0.1, 0.15) is 12.5 Å². The monoisotopic (exact) mass is 287 g/mol. The largest absolute Gasteiger partial charge is 0.480 e. The molecule has 0 saturated carbocycles. The zero-order valence-corrected chi connectivity index (χ0v) is 11.6. The summed E-state index contributed by atoms with van der Waals surface area (Å²) in [6.45, 7) is 1.81. The van der Waals surface area contributed by atoms with Gasteiger partial charge in [0, 0.05) is 18.2 Å². The highest BCUT2D eigenvalue weighted by Gasteiger charge is 2.33. The van der Waals surface area contributed by atoms with E-state index < -0.39 is 11.6 Å². The number of ether oxygens (including phenoxy) is 1. The second kappa shape index (κ2) is 5.37. The predicted octanol–water partition coefficient (Wildman–Crippen LogP) is 2.34. The van der Waals surface area contributed by atoms with Crippen LogP contribution in [0.25, 0.3) is 0 Å². The Morgan fingerprint density at radius 1 is 1.44 bits per heavy atom. The smallest absolute Gasteiger partial charge is 0.261 e. The number of fused-ring (bicyclic) bond motifs is 1. The van der Waals surface area contributed by atoms with Gasteiger partial charge in [-0.2, -0.15) is 0 Å². The number of amides is 1. The molecule has 0 aliphatic carbocycles. The molecule has 1 aromatic carbocycles. The van der Waals surface area contributed by atoms with Crippen LogP contribution in [0.4, 0.5) is 0 Å². The highest BCUT2D eigenvalue weighted by molar-refractivity contribution is 6.22. The molecule has 1 atom stereocenters. The van der Waals surface area contributed by atoms with Crippen molar-refractivity contribution in [2.45, 2.75) is 25.0 Å². The van der Waals surface area contributed by atoms with Crippen LogP contribution in [-0.2, 0) is 11.2 Å². The zero-order chi connectivity index (χ0) is 13.2. The third kappa shape index (κ3) is 2.73. The maximum absolute atomic E-state index is 12.1. The average molecular weight is 288 g/mol. The van der Waals surface area contributed by atoms with Crippen LogP contribution in [0.5, 0.6) is 5.75 Å². The quantitative estimate of drug-likeness (QED) is 0.864. The summed E-state index contributed by atoms with van der Waals surface area (Å²) in [6.07, 6.45) is 0.0935. The van der Waals surface area contributed by atoms with Gasteiger partial charge in [0.05, 0.1) is 5.54 Å². The number of benzene rings is 1. The molecule has 1 N–H and O–H groups in total. The molecule has 1 unspecified atom stereocenters. The van der Waals surface area contributed by atoms with Crippen molar-refractivity contribution in [3.05, 3.63) is 29.8 Å². The number of hydrogen-bond acceptors (Lipinski definition) is 2. The molecule has 1 aliphatic heterocycles. The van der Waals surface area contributed by atoms with Gasteiger partial charge in [0.25, 0.3) is 5.91 Å². The first-order valence-electron chi connectivity index (χ1n) is 5.76. The van der Waals surface area contributed by atoms with Gasteiger partial charge in [-0.3, -0.25) is 4.79 Å². The summed E-state index contributed by atoms with van der Waals surface area (Å²) >= 11 is 11.6. The summed E-state index contributed by atoms with van der Waals surface area (Å²) in [5.74, 6) is 1.13. The molecule has 18 heavy (non-hydrogen) atoms. The first kappa shape index (κ1) is 13.5. The van der Waals surface area contributed by atoms with E-state index in [9.17, 15) is 4.79 Å². The molecule has 0 saturated heterocycles. The summed E-state index contributed by atoms with van der Waals surface area (Å²) < 4.78 is 5.61. The minimum absolute atomic E-state index is 0.171. The Kier molecular flexibility index (Phi) is 4.03. The van der Waals surface area contributed by atoms with E-state index in [1.54, 1.807) is 0 Å². The lowest BCUT2D eigenvalue weighted by Crippen LogP contribution is -2.53. The summed E-state index contributed by atoms with van der Waals surface area (Å²) in [5, 5.41) is 2.84. The van der Waals surface area contributed by atoms with E-state index in [1.165, 1.54) is 0 Å². The molecule has 1 aromatic rings. The fourth-order valence-electron chi connectivity index (χ4n) is 1.81. The Morgan fingerprint density at radius 3 is 2.72 bits per heavy atom. The molecule has 0 fully saturated rings. The van der Waals surface area contributed by atoms with Gasteiger partial charge in [0.15, 0.2) is 6.10 Å². The number of nitrogens with one attached hydrogen (secondary N) is 1. The Labute approximate surface area is 116 Å². The van der Waals surface area contributed by atoms with E-state index in [0.29, 0.717) is 6.42 Å².